The zero-order valence-corrected chi connectivity index (χ0v) is 24.0. The summed E-state index contributed by atoms with van der Waals surface area (Å²) in [5.41, 5.74) is 11.0. The van der Waals surface area contributed by atoms with Gasteiger partial charge in [0.15, 0.2) is 0 Å². The molecule has 0 bridgehead atoms. The number of halogens is 1. The quantitative estimate of drug-likeness (QED) is 0.181. The number of benzene rings is 6. The van der Waals surface area contributed by atoms with Gasteiger partial charge in [0.2, 0.25) is 0 Å². The Kier molecular flexibility index (Phi) is 4.63. The highest BCUT2D eigenvalue weighted by molar-refractivity contribution is 9.10. The van der Waals surface area contributed by atoms with Gasteiger partial charge < -0.3 is 0 Å². The van der Waals surface area contributed by atoms with Crippen molar-refractivity contribution in [3.8, 4) is 22.3 Å². The van der Waals surface area contributed by atoms with Gasteiger partial charge in [0, 0.05) is 9.89 Å². The molecule has 0 amide bonds. The second-order valence-corrected chi connectivity index (χ2v) is 13.4. The lowest BCUT2D eigenvalue weighted by Gasteiger charge is -2.23. The summed E-state index contributed by atoms with van der Waals surface area (Å²) in [5.74, 6) is 0. The summed E-state index contributed by atoms with van der Waals surface area (Å²) < 4.78 is 1.14. The van der Waals surface area contributed by atoms with E-state index in [0.717, 1.165) is 4.47 Å². The topological polar surface area (TPSA) is 0 Å². The molecule has 0 radical (unpaired) electrons. The van der Waals surface area contributed by atoms with Gasteiger partial charge in [0.25, 0.3) is 0 Å². The summed E-state index contributed by atoms with van der Waals surface area (Å²) in [5, 5.41) is 8.18. The van der Waals surface area contributed by atoms with E-state index < -0.39 is 0 Å². The predicted octanol–water partition coefficient (Wildman–Crippen LogP) is 10.9. The lowest BCUT2D eigenvalue weighted by molar-refractivity contribution is 0.591. The Hall–Kier alpha value is -3.16. The third-order valence-electron chi connectivity index (χ3n) is 8.74. The molecule has 0 unspecified atom stereocenters. The average molecular weight is 544 g/mol. The summed E-state index contributed by atoms with van der Waals surface area (Å²) in [6, 6.07) is 30.4. The maximum atomic E-state index is 3.69. The molecule has 6 aromatic carbocycles. The van der Waals surface area contributed by atoms with Crippen molar-refractivity contribution in [2.45, 2.75) is 52.4 Å². The molecule has 0 N–H and O–H groups in total. The second-order valence-electron chi connectivity index (χ2n) is 12.5. The third-order valence-corrected chi connectivity index (χ3v) is 9.23. The fourth-order valence-electron chi connectivity index (χ4n) is 6.64. The van der Waals surface area contributed by atoms with Crippen molar-refractivity contribution in [2.24, 2.45) is 0 Å². The van der Waals surface area contributed by atoms with Gasteiger partial charge in [-0.3, -0.25) is 0 Å². The molecule has 0 spiro atoms. The fourth-order valence-corrected chi connectivity index (χ4v) is 7.00. The Morgan fingerprint density at radius 1 is 0.622 bits per heavy atom. The van der Waals surface area contributed by atoms with E-state index in [9.17, 15) is 0 Å². The number of aryl methyl sites for hydroxylation is 1. The first-order valence-corrected chi connectivity index (χ1v) is 14.0. The maximum Gasteiger partial charge on any atom is 0.0178 e. The van der Waals surface area contributed by atoms with Crippen LogP contribution in [0.2, 0.25) is 0 Å². The molecule has 182 valence electrons. The second kappa shape index (κ2) is 7.45. The molecule has 0 saturated carbocycles. The molecule has 1 aliphatic rings. The van der Waals surface area contributed by atoms with E-state index >= 15 is 0 Å². The van der Waals surface area contributed by atoms with Crippen LogP contribution >= 0.6 is 15.9 Å². The summed E-state index contributed by atoms with van der Waals surface area (Å²) in [4.78, 5) is 0. The van der Waals surface area contributed by atoms with Crippen molar-refractivity contribution in [1.29, 1.82) is 0 Å². The van der Waals surface area contributed by atoms with Crippen LogP contribution in [0, 0.1) is 6.92 Å². The Morgan fingerprint density at radius 2 is 1.24 bits per heavy atom. The highest BCUT2D eigenvalue weighted by Gasteiger charge is 2.35. The molecule has 0 nitrogen and oxygen atoms in total. The SMILES string of the molecule is Cc1cc(-c2ccc3c(c2)C(C)(C)c2cc(Br)ccc2-3)c2ccc3cc(C(C)(C)C)cc4ccc1c2c43. The van der Waals surface area contributed by atoms with Crippen LogP contribution in [0.25, 0.3) is 54.6 Å². The van der Waals surface area contributed by atoms with Gasteiger partial charge >= 0.3 is 0 Å². The van der Waals surface area contributed by atoms with Crippen LogP contribution in [-0.2, 0) is 10.8 Å². The number of rotatable bonds is 1. The predicted molar refractivity (Wildman–Crippen MR) is 164 cm³/mol. The van der Waals surface area contributed by atoms with E-state index in [0.29, 0.717) is 0 Å². The van der Waals surface area contributed by atoms with Gasteiger partial charge in [-0.25, -0.2) is 0 Å². The molecule has 0 fully saturated rings. The molecule has 0 atom stereocenters. The van der Waals surface area contributed by atoms with Gasteiger partial charge in [-0.05, 0) is 107 Å². The summed E-state index contributed by atoms with van der Waals surface area (Å²) >= 11 is 3.69. The fraction of sp³-hybridized carbons (Fsp3) is 0.222. The smallest absolute Gasteiger partial charge is 0.0178 e. The molecule has 0 aliphatic heterocycles. The minimum atomic E-state index is -0.0351. The maximum absolute atomic E-state index is 3.69. The number of fused-ring (bicyclic) bond motifs is 3. The zero-order valence-electron chi connectivity index (χ0n) is 22.4. The minimum Gasteiger partial charge on any atom is -0.0561 e. The molecule has 1 aliphatic carbocycles. The molecule has 37 heavy (non-hydrogen) atoms. The van der Waals surface area contributed by atoms with Crippen LogP contribution < -0.4 is 0 Å². The number of hydrogen-bond donors (Lipinski definition) is 0. The molecule has 0 aromatic heterocycles. The van der Waals surface area contributed by atoms with Crippen LogP contribution in [0.1, 0.15) is 56.9 Å². The van der Waals surface area contributed by atoms with E-state index in [-0.39, 0.29) is 10.8 Å². The summed E-state index contributed by atoms with van der Waals surface area (Å²) in [6.07, 6.45) is 0. The van der Waals surface area contributed by atoms with Crippen LogP contribution in [0.4, 0.5) is 0 Å². The van der Waals surface area contributed by atoms with Crippen LogP contribution in [0.15, 0.2) is 83.3 Å². The van der Waals surface area contributed by atoms with Crippen LogP contribution in [-0.4, -0.2) is 0 Å². The first-order valence-electron chi connectivity index (χ1n) is 13.2. The van der Waals surface area contributed by atoms with Crippen molar-refractivity contribution >= 4 is 48.2 Å². The first kappa shape index (κ1) is 23.0. The molecule has 0 heterocycles. The van der Waals surface area contributed by atoms with E-state index in [1.54, 1.807) is 0 Å². The van der Waals surface area contributed by atoms with Gasteiger partial charge in [0.1, 0.15) is 0 Å². The average Bonchev–Trinajstić information content (AvgIpc) is 3.08. The summed E-state index contributed by atoms with van der Waals surface area (Å²) in [6.45, 7) is 13.9. The largest absolute Gasteiger partial charge is 0.0561 e. The highest BCUT2D eigenvalue weighted by Crippen LogP contribution is 2.51. The summed E-state index contributed by atoms with van der Waals surface area (Å²) in [7, 11) is 0. The van der Waals surface area contributed by atoms with Crippen molar-refractivity contribution in [2.75, 3.05) is 0 Å². The van der Waals surface area contributed by atoms with E-state index in [1.807, 2.05) is 0 Å². The molecule has 7 rings (SSSR count). The van der Waals surface area contributed by atoms with Crippen LogP contribution in [0.3, 0.4) is 0 Å². The number of hydrogen-bond acceptors (Lipinski definition) is 0. The van der Waals surface area contributed by atoms with E-state index in [1.165, 1.54) is 76.8 Å². The van der Waals surface area contributed by atoms with Crippen molar-refractivity contribution < 1.29 is 0 Å². The van der Waals surface area contributed by atoms with Gasteiger partial charge in [-0.2, -0.15) is 0 Å². The lowest BCUT2D eigenvalue weighted by Crippen LogP contribution is -2.15. The van der Waals surface area contributed by atoms with Gasteiger partial charge in [0.05, 0.1) is 0 Å². The Bertz CT molecular complexity index is 1880. The molecular weight excluding hydrogens is 512 g/mol. The normalized spacial score (nSPS) is 14.6. The highest BCUT2D eigenvalue weighted by atomic mass is 79.9. The third kappa shape index (κ3) is 3.20. The molecular formula is C36H31Br. The van der Waals surface area contributed by atoms with Crippen molar-refractivity contribution in [3.63, 3.8) is 0 Å². The molecule has 1 heteroatoms. The zero-order chi connectivity index (χ0) is 25.9. The first-order chi connectivity index (χ1) is 17.5. The van der Waals surface area contributed by atoms with E-state index in [4.69, 9.17) is 0 Å². The van der Waals surface area contributed by atoms with E-state index in [2.05, 4.69) is 136 Å². The standard InChI is InChI=1S/C36H31Br/c1-20-15-30(21-7-12-27-28-14-10-25(37)19-32(28)36(5,6)31(27)18-21)29-13-9-23-17-24(35(2,3)4)16-22-8-11-26(20)34(29)33(22)23/h7-19H,1-6H3. The van der Waals surface area contributed by atoms with Crippen molar-refractivity contribution in [3.05, 3.63) is 106 Å². The lowest BCUT2D eigenvalue weighted by atomic mass is 9.80. The minimum absolute atomic E-state index is 0.0351. The molecule has 6 aromatic rings. The Morgan fingerprint density at radius 3 is 1.92 bits per heavy atom. The van der Waals surface area contributed by atoms with Crippen molar-refractivity contribution in [1.82, 2.24) is 0 Å². The Balaban J connectivity index is 1.50. The van der Waals surface area contributed by atoms with Gasteiger partial charge in [-0.15, -0.1) is 0 Å². The Labute approximate surface area is 227 Å². The van der Waals surface area contributed by atoms with Gasteiger partial charge in [-0.1, -0.05) is 111 Å². The monoisotopic (exact) mass is 542 g/mol. The molecule has 0 saturated heterocycles. The van der Waals surface area contributed by atoms with Crippen LogP contribution in [0.5, 0.6) is 0 Å².